The van der Waals surface area contributed by atoms with Gasteiger partial charge in [-0.2, -0.15) is 0 Å². The summed E-state index contributed by atoms with van der Waals surface area (Å²) in [5, 5.41) is 2.51. The Morgan fingerprint density at radius 2 is 0.691 bits per heavy atom. The molecule has 0 N–H and O–H groups in total. The van der Waals surface area contributed by atoms with Crippen LogP contribution in [0, 0.1) is 6.92 Å². The fourth-order valence-corrected chi connectivity index (χ4v) is 7.57. The molecule has 0 bridgehead atoms. The van der Waals surface area contributed by atoms with E-state index in [1.165, 1.54) is 49.7 Å². The largest absolute Gasteiger partial charge is 0.311 e. The summed E-state index contributed by atoms with van der Waals surface area (Å²) in [6, 6.07) is 80.5. The molecular weight excluding hydrogens is 665 g/mol. The first-order valence-electron chi connectivity index (χ1n) is 18.8. The van der Waals surface area contributed by atoms with Crippen LogP contribution < -0.4 is 9.80 Å². The summed E-state index contributed by atoms with van der Waals surface area (Å²) in [7, 11) is 0. The lowest BCUT2D eigenvalue weighted by molar-refractivity contribution is 1.28. The fraction of sp³-hybridized carbons (Fsp3) is 0.0189. The van der Waals surface area contributed by atoms with Crippen LogP contribution >= 0.6 is 0 Å². The van der Waals surface area contributed by atoms with Gasteiger partial charge in [0.1, 0.15) is 0 Å². The van der Waals surface area contributed by atoms with E-state index in [0.717, 1.165) is 34.1 Å². The number of hydrogen-bond acceptors (Lipinski definition) is 2. The maximum Gasteiger partial charge on any atom is 0.0540 e. The molecule has 0 saturated carbocycles. The average molecular weight is 705 g/mol. The molecule has 0 radical (unpaired) electrons. The molecule has 9 rings (SSSR count). The van der Waals surface area contributed by atoms with E-state index < -0.39 is 0 Å². The number of anilines is 6. The molecule has 9 aromatic carbocycles. The predicted octanol–water partition coefficient (Wildman–Crippen LogP) is 15.1. The van der Waals surface area contributed by atoms with E-state index in [1.807, 2.05) is 0 Å². The van der Waals surface area contributed by atoms with Crippen molar-refractivity contribution in [2.45, 2.75) is 6.92 Å². The first-order valence-corrected chi connectivity index (χ1v) is 18.8. The van der Waals surface area contributed by atoms with E-state index in [1.54, 1.807) is 0 Å². The highest BCUT2D eigenvalue weighted by Gasteiger charge is 2.18. The molecule has 9 aromatic rings. The molecule has 0 saturated heterocycles. The average Bonchev–Trinajstić information content (AvgIpc) is 3.26. The van der Waals surface area contributed by atoms with Crippen LogP contribution in [0.4, 0.5) is 34.1 Å². The Balaban J connectivity index is 1.06. The van der Waals surface area contributed by atoms with Crippen LogP contribution in [0.5, 0.6) is 0 Å². The Kier molecular flexibility index (Phi) is 9.22. The quantitative estimate of drug-likeness (QED) is 0.148. The van der Waals surface area contributed by atoms with Crippen molar-refractivity contribution >= 4 is 44.9 Å². The van der Waals surface area contributed by atoms with Gasteiger partial charge < -0.3 is 9.80 Å². The van der Waals surface area contributed by atoms with Crippen molar-refractivity contribution in [1.29, 1.82) is 0 Å². The third kappa shape index (κ3) is 6.90. The number of nitrogens with zero attached hydrogens (tertiary/aromatic N) is 2. The highest BCUT2D eigenvalue weighted by Crippen LogP contribution is 2.43. The first kappa shape index (κ1) is 33.7. The van der Waals surface area contributed by atoms with E-state index in [0.29, 0.717) is 0 Å². The molecule has 2 heteroatoms. The van der Waals surface area contributed by atoms with Crippen molar-refractivity contribution in [1.82, 2.24) is 0 Å². The van der Waals surface area contributed by atoms with Gasteiger partial charge in [-0.15, -0.1) is 0 Å². The van der Waals surface area contributed by atoms with Crippen molar-refractivity contribution in [3.63, 3.8) is 0 Å². The lowest BCUT2D eigenvalue weighted by Crippen LogP contribution is -2.11. The zero-order valence-corrected chi connectivity index (χ0v) is 30.8. The van der Waals surface area contributed by atoms with Crippen LogP contribution in [0.1, 0.15) is 5.56 Å². The standard InChI is InChI=1S/C53H40N2/c1-39-25-26-45(38-52(39)51-23-13-14-24-53(51)55(47-19-7-3-8-20-47)48-21-9-4-10-22-48)42-31-35-50(36-32-42)54(46-17-5-2-6-18-46)49-33-29-41(30-34-49)44-28-27-40-15-11-12-16-43(40)37-44/h2-38H,1H3. The number of rotatable bonds is 9. The normalized spacial score (nSPS) is 11.0. The number of aryl methyl sites for hydroxylation is 1. The summed E-state index contributed by atoms with van der Waals surface area (Å²) in [6.45, 7) is 2.21. The van der Waals surface area contributed by atoms with Crippen LogP contribution in [0.25, 0.3) is 44.2 Å². The van der Waals surface area contributed by atoms with Crippen LogP contribution in [0.15, 0.2) is 224 Å². The van der Waals surface area contributed by atoms with E-state index in [-0.39, 0.29) is 0 Å². The Hall–Kier alpha value is -7.16. The number of benzene rings is 9. The summed E-state index contributed by atoms with van der Waals surface area (Å²) in [4.78, 5) is 4.68. The number of fused-ring (bicyclic) bond motifs is 1. The zero-order chi connectivity index (χ0) is 37.0. The Morgan fingerprint density at radius 3 is 1.27 bits per heavy atom. The second kappa shape index (κ2) is 15.1. The molecular formula is C53H40N2. The molecule has 0 aliphatic heterocycles. The van der Waals surface area contributed by atoms with Gasteiger partial charge >= 0.3 is 0 Å². The van der Waals surface area contributed by atoms with Gasteiger partial charge in [0.05, 0.1) is 5.69 Å². The lowest BCUT2D eigenvalue weighted by Gasteiger charge is -2.28. The molecule has 2 nitrogen and oxygen atoms in total. The predicted molar refractivity (Wildman–Crippen MR) is 234 cm³/mol. The molecule has 262 valence electrons. The molecule has 0 aliphatic carbocycles. The summed E-state index contributed by atoms with van der Waals surface area (Å²) < 4.78 is 0. The van der Waals surface area contributed by atoms with E-state index in [4.69, 9.17) is 0 Å². The highest BCUT2D eigenvalue weighted by atomic mass is 15.1. The van der Waals surface area contributed by atoms with Gasteiger partial charge in [-0.3, -0.25) is 0 Å². The molecule has 0 heterocycles. The summed E-state index contributed by atoms with van der Waals surface area (Å²) in [5.41, 5.74) is 15.1. The molecule has 0 amide bonds. The second-order valence-electron chi connectivity index (χ2n) is 13.9. The van der Waals surface area contributed by atoms with Gasteiger partial charge in [0, 0.05) is 34.0 Å². The lowest BCUT2D eigenvalue weighted by atomic mass is 9.93. The zero-order valence-electron chi connectivity index (χ0n) is 30.8. The molecule has 0 unspecified atom stereocenters. The minimum Gasteiger partial charge on any atom is -0.311 e. The minimum absolute atomic E-state index is 1.10. The third-order valence-electron chi connectivity index (χ3n) is 10.4. The smallest absolute Gasteiger partial charge is 0.0540 e. The summed E-state index contributed by atoms with van der Waals surface area (Å²) in [6.07, 6.45) is 0. The Bertz CT molecular complexity index is 2650. The van der Waals surface area contributed by atoms with Crippen molar-refractivity contribution in [2.75, 3.05) is 9.80 Å². The van der Waals surface area contributed by atoms with E-state index in [9.17, 15) is 0 Å². The van der Waals surface area contributed by atoms with Gasteiger partial charge in [-0.1, -0.05) is 146 Å². The van der Waals surface area contributed by atoms with Crippen molar-refractivity contribution in [2.24, 2.45) is 0 Å². The Morgan fingerprint density at radius 1 is 0.273 bits per heavy atom. The number of para-hydroxylation sites is 4. The highest BCUT2D eigenvalue weighted by molar-refractivity contribution is 5.91. The molecule has 0 fully saturated rings. The molecule has 0 aliphatic rings. The van der Waals surface area contributed by atoms with Gasteiger partial charge in [0.2, 0.25) is 0 Å². The van der Waals surface area contributed by atoms with Crippen LogP contribution in [-0.4, -0.2) is 0 Å². The third-order valence-corrected chi connectivity index (χ3v) is 10.4. The van der Waals surface area contributed by atoms with Gasteiger partial charge in [-0.25, -0.2) is 0 Å². The van der Waals surface area contributed by atoms with Gasteiger partial charge in [0.25, 0.3) is 0 Å². The van der Waals surface area contributed by atoms with Gasteiger partial charge in [-0.05, 0) is 130 Å². The van der Waals surface area contributed by atoms with Gasteiger partial charge in [0.15, 0.2) is 0 Å². The van der Waals surface area contributed by atoms with Crippen LogP contribution in [0.3, 0.4) is 0 Å². The maximum absolute atomic E-state index is 2.35. The summed E-state index contributed by atoms with van der Waals surface area (Å²) in [5.74, 6) is 0. The number of hydrogen-bond donors (Lipinski definition) is 0. The molecule has 0 aromatic heterocycles. The SMILES string of the molecule is Cc1ccc(-c2ccc(N(c3ccccc3)c3ccc(-c4ccc5ccccc5c4)cc3)cc2)cc1-c1ccccc1N(c1ccccc1)c1ccccc1. The van der Waals surface area contributed by atoms with Crippen molar-refractivity contribution in [3.8, 4) is 33.4 Å². The summed E-state index contributed by atoms with van der Waals surface area (Å²) >= 11 is 0. The Labute approximate surface area is 323 Å². The first-order chi connectivity index (χ1) is 27.2. The fourth-order valence-electron chi connectivity index (χ4n) is 7.57. The molecule has 55 heavy (non-hydrogen) atoms. The van der Waals surface area contributed by atoms with Crippen LogP contribution in [-0.2, 0) is 0 Å². The van der Waals surface area contributed by atoms with Crippen molar-refractivity contribution in [3.05, 3.63) is 230 Å². The topological polar surface area (TPSA) is 6.48 Å². The monoisotopic (exact) mass is 704 g/mol. The molecule has 0 spiro atoms. The second-order valence-corrected chi connectivity index (χ2v) is 13.9. The van der Waals surface area contributed by atoms with E-state index in [2.05, 4.69) is 241 Å². The van der Waals surface area contributed by atoms with Crippen LogP contribution in [0.2, 0.25) is 0 Å². The van der Waals surface area contributed by atoms with Crippen molar-refractivity contribution < 1.29 is 0 Å². The van der Waals surface area contributed by atoms with E-state index >= 15 is 0 Å². The minimum atomic E-state index is 1.10. The maximum atomic E-state index is 2.35. The molecule has 0 atom stereocenters.